The summed E-state index contributed by atoms with van der Waals surface area (Å²) in [4.78, 5) is 0. The lowest BCUT2D eigenvalue weighted by Crippen LogP contribution is -2.20. The molecule has 1 aliphatic rings. The first-order chi connectivity index (χ1) is 6.02. The van der Waals surface area contributed by atoms with Crippen molar-refractivity contribution >= 4 is 15.7 Å². The van der Waals surface area contributed by atoms with Crippen molar-refractivity contribution in [3.05, 3.63) is 29.6 Å². The van der Waals surface area contributed by atoms with Crippen LogP contribution in [0.1, 0.15) is 5.56 Å². The SMILES string of the molecule is CN1c2cccc(F)c2CS1(=O)=O. The van der Waals surface area contributed by atoms with Crippen LogP contribution in [0.25, 0.3) is 0 Å². The van der Waals surface area contributed by atoms with Gasteiger partial charge in [-0.25, -0.2) is 12.8 Å². The smallest absolute Gasteiger partial charge is 0.239 e. The van der Waals surface area contributed by atoms with Crippen molar-refractivity contribution in [1.29, 1.82) is 0 Å². The van der Waals surface area contributed by atoms with Gasteiger partial charge in [0.25, 0.3) is 0 Å². The van der Waals surface area contributed by atoms with E-state index < -0.39 is 15.8 Å². The van der Waals surface area contributed by atoms with Gasteiger partial charge in [0.1, 0.15) is 5.82 Å². The molecule has 1 heterocycles. The Bertz CT molecular complexity index is 455. The van der Waals surface area contributed by atoms with Crippen molar-refractivity contribution < 1.29 is 12.8 Å². The standard InChI is InChI=1S/C8H8FNO2S/c1-10-8-4-2-3-7(9)6(8)5-13(10,11)12/h2-4H,5H2,1H3. The first-order valence-corrected chi connectivity index (χ1v) is 5.37. The third-order valence-electron chi connectivity index (χ3n) is 2.18. The minimum Gasteiger partial charge on any atom is -0.273 e. The van der Waals surface area contributed by atoms with Crippen molar-refractivity contribution in [1.82, 2.24) is 0 Å². The first-order valence-electron chi connectivity index (χ1n) is 3.76. The van der Waals surface area contributed by atoms with E-state index in [0.29, 0.717) is 5.69 Å². The highest BCUT2D eigenvalue weighted by Crippen LogP contribution is 2.33. The minimum absolute atomic E-state index is 0.231. The summed E-state index contributed by atoms with van der Waals surface area (Å²) in [5.74, 6) is -0.684. The average Bonchev–Trinajstić information content (AvgIpc) is 2.28. The summed E-state index contributed by atoms with van der Waals surface area (Å²) in [6.45, 7) is 0. The third-order valence-corrected chi connectivity index (χ3v) is 3.86. The molecule has 0 aliphatic carbocycles. The van der Waals surface area contributed by atoms with Crippen LogP contribution < -0.4 is 4.31 Å². The zero-order valence-corrected chi connectivity index (χ0v) is 7.81. The largest absolute Gasteiger partial charge is 0.273 e. The quantitative estimate of drug-likeness (QED) is 0.630. The predicted octanol–water partition coefficient (Wildman–Crippen LogP) is 1.11. The van der Waals surface area contributed by atoms with Crippen LogP contribution in [0, 0.1) is 5.82 Å². The Morgan fingerprint density at radius 2 is 2.15 bits per heavy atom. The van der Waals surface area contributed by atoms with E-state index in [1.165, 1.54) is 19.2 Å². The van der Waals surface area contributed by atoms with Crippen LogP contribution in [-0.4, -0.2) is 15.5 Å². The molecule has 0 bridgehead atoms. The summed E-state index contributed by atoms with van der Waals surface area (Å²) >= 11 is 0. The topological polar surface area (TPSA) is 37.4 Å². The summed E-state index contributed by atoms with van der Waals surface area (Å²) in [5.41, 5.74) is 0.713. The van der Waals surface area contributed by atoms with E-state index in [0.717, 1.165) is 4.31 Å². The zero-order chi connectivity index (χ0) is 9.64. The second kappa shape index (κ2) is 2.45. The van der Waals surface area contributed by atoms with Gasteiger partial charge in [-0.05, 0) is 12.1 Å². The molecule has 0 fully saturated rings. The van der Waals surface area contributed by atoms with E-state index in [2.05, 4.69) is 0 Å². The molecule has 0 unspecified atom stereocenters. The molecule has 1 aliphatic heterocycles. The third kappa shape index (κ3) is 1.11. The Labute approximate surface area is 75.8 Å². The molecule has 70 valence electrons. The number of hydrogen-bond donors (Lipinski definition) is 0. The van der Waals surface area contributed by atoms with Crippen molar-refractivity contribution in [2.24, 2.45) is 0 Å². The van der Waals surface area contributed by atoms with Crippen molar-refractivity contribution in [3.8, 4) is 0 Å². The Morgan fingerprint density at radius 1 is 1.46 bits per heavy atom. The lowest BCUT2D eigenvalue weighted by molar-refractivity contribution is 0.592. The van der Waals surface area contributed by atoms with Gasteiger partial charge in [0, 0.05) is 12.6 Å². The normalized spacial score (nSPS) is 18.8. The number of fused-ring (bicyclic) bond motifs is 1. The van der Waals surface area contributed by atoms with Crippen LogP contribution in [0.4, 0.5) is 10.1 Å². The number of sulfonamides is 1. The maximum atomic E-state index is 13.1. The van der Waals surface area contributed by atoms with Gasteiger partial charge in [0.2, 0.25) is 10.0 Å². The fourth-order valence-corrected chi connectivity index (χ4v) is 2.73. The highest BCUT2D eigenvalue weighted by Gasteiger charge is 2.31. The van der Waals surface area contributed by atoms with Gasteiger partial charge in [0.05, 0.1) is 11.4 Å². The Kier molecular flexibility index (Phi) is 1.60. The fourth-order valence-electron chi connectivity index (χ4n) is 1.41. The molecule has 0 amide bonds. The van der Waals surface area contributed by atoms with Gasteiger partial charge >= 0.3 is 0 Å². The Balaban J connectivity index is 2.69. The van der Waals surface area contributed by atoms with Crippen LogP contribution >= 0.6 is 0 Å². The van der Waals surface area contributed by atoms with E-state index in [1.54, 1.807) is 6.07 Å². The van der Waals surface area contributed by atoms with Gasteiger partial charge in [-0.3, -0.25) is 4.31 Å². The summed E-state index contributed by atoms with van der Waals surface area (Å²) in [6.07, 6.45) is 0. The molecule has 3 nitrogen and oxygen atoms in total. The van der Waals surface area contributed by atoms with Crippen LogP contribution in [0.15, 0.2) is 18.2 Å². The second-order valence-corrected chi connectivity index (χ2v) is 4.96. The number of benzene rings is 1. The lowest BCUT2D eigenvalue weighted by Gasteiger charge is -2.10. The number of anilines is 1. The first kappa shape index (κ1) is 8.50. The van der Waals surface area contributed by atoms with E-state index in [1.807, 2.05) is 0 Å². The van der Waals surface area contributed by atoms with Crippen LogP contribution in [0.5, 0.6) is 0 Å². The van der Waals surface area contributed by atoms with E-state index in [9.17, 15) is 12.8 Å². The van der Waals surface area contributed by atoms with Gasteiger partial charge in [-0.2, -0.15) is 0 Å². The number of nitrogens with zero attached hydrogens (tertiary/aromatic N) is 1. The maximum absolute atomic E-state index is 13.1. The van der Waals surface area contributed by atoms with E-state index in [-0.39, 0.29) is 11.3 Å². The van der Waals surface area contributed by atoms with Crippen molar-refractivity contribution in [2.75, 3.05) is 11.4 Å². The molecule has 0 saturated carbocycles. The number of rotatable bonds is 0. The molecule has 0 spiro atoms. The summed E-state index contributed by atoms with van der Waals surface area (Å²) in [6, 6.07) is 4.38. The summed E-state index contributed by atoms with van der Waals surface area (Å²) < 4.78 is 36.9. The molecule has 0 radical (unpaired) electrons. The van der Waals surface area contributed by atoms with E-state index >= 15 is 0 Å². The highest BCUT2D eigenvalue weighted by molar-refractivity contribution is 7.92. The molecular weight excluding hydrogens is 193 g/mol. The molecule has 0 saturated heterocycles. The van der Waals surface area contributed by atoms with Gasteiger partial charge < -0.3 is 0 Å². The minimum atomic E-state index is -3.31. The van der Waals surface area contributed by atoms with Crippen LogP contribution in [0.3, 0.4) is 0 Å². The monoisotopic (exact) mass is 201 g/mol. The van der Waals surface area contributed by atoms with Crippen molar-refractivity contribution in [3.63, 3.8) is 0 Å². The van der Waals surface area contributed by atoms with Gasteiger partial charge in [-0.15, -0.1) is 0 Å². The summed E-state index contributed by atoms with van der Waals surface area (Å²) in [7, 11) is -1.88. The highest BCUT2D eigenvalue weighted by atomic mass is 32.2. The Hall–Kier alpha value is -1.10. The molecule has 0 N–H and O–H groups in total. The molecule has 0 aromatic heterocycles. The number of hydrogen-bond acceptors (Lipinski definition) is 2. The van der Waals surface area contributed by atoms with E-state index in [4.69, 9.17) is 0 Å². The van der Waals surface area contributed by atoms with Crippen molar-refractivity contribution in [2.45, 2.75) is 5.75 Å². The lowest BCUT2D eigenvalue weighted by atomic mass is 10.2. The predicted molar refractivity (Wildman–Crippen MR) is 47.4 cm³/mol. The average molecular weight is 201 g/mol. The molecule has 13 heavy (non-hydrogen) atoms. The second-order valence-electron chi connectivity index (χ2n) is 2.96. The zero-order valence-electron chi connectivity index (χ0n) is 6.99. The van der Waals surface area contributed by atoms with Crippen LogP contribution in [-0.2, 0) is 15.8 Å². The van der Waals surface area contributed by atoms with Gasteiger partial charge in [-0.1, -0.05) is 6.07 Å². The van der Waals surface area contributed by atoms with Crippen LogP contribution in [0.2, 0.25) is 0 Å². The Morgan fingerprint density at radius 3 is 2.77 bits per heavy atom. The molecular formula is C8H8FNO2S. The van der Waals surface area contributed by atoms with Gasteiger partial charge in [0.15, 0.2) is 0 Å². The molecule has 5 heteroatoms. The fraction of sp³-hybridized carbons (Fsp3) is 0.250. The maximum Gasteiger partial charge on any atom is 0.239 e. The molecule has 0 atom stereocenters. The molecule has 1 aromatic rings. The molecule has 1 aromatic carbocycles. The summed E-state index contributed by atoms with van der Waals surface area (Å²) in [5, 5.41) is 0. The molecule has 2 rings (SSSR count). The number of halogens is 1.